The van der Waals surface area contributed by atoms with Gasteiger partial charge >= 0.3 is 5.97 Å². The molecule has 0 radical (unpaired) electrons. The van der Waals surface area contributed by atoms with Crippen LogP contribution in [0.3, 0.4) is 0 Å². The lowest BCUT2D eigenvalue weighted by atomic mass is 10.0. The molecule has 6 nitrogen and oxygen atoms in total. The minimum atomic E-state index is -1.10. The van der Waals surface area contributed by atoms with Gasteiger partial charge in [0, 0.05) is 5.56 Å². The summed E-state index contributed by atoms with van der Waals surface area (Å²) >= 11 is 5.86. The number of rotatable bonds is 7. The van der Waals surface area contributed by atoms with E-state index in [2.05, 4.69) is 5.32 Å². The second kappa shape index (κ2) is 7.89. The largest absolute Gasteiger partial charge is 0.503 e. The van der Waals surface area contributed by atoms with E-state index in [1.807, 2.05) is 13.8 Å². The molecule has 1 rings (SSSR count). The predicted molar refractivity (Wildman–Crippen MR) is 82.6 cm³/mol. The minimum Gasteiger partial charge on any atom is -0.503 e. The van der Waals surface area contributed by atoms with E-state index in [0.717, 1.165) is 0 Å². The normalized spacial score (nSPS) is 12.0. The van der Waals surface area contributed by atoms with Crippen molar-refractivity contribution in [1.29, 1.82) is 0 Å². The lowest BCUT2D eigenvalue weighted by Crippen LogP contribution is -2.41. The highest BCUT2D eigenvalue weighted by Crippen LogP contribution is 2.35. The molecule has 22 heavy (non-hydrogen) atoms. The van der Waals surface area contributed by atoms with Crippen molar-refractivity contribution in [2.75, 3.05) is 6.61 Å². The Morgan fingerprint density at radius 1 is 1.36 bits per heavy atom. The van der Waals surface area contributed by atoms with Crippen molar-refractivity contribution in [2.24, 2.45) is 5.92 Å². The van der Waals surface area contributed by atoms with Crippen molar-refractivity contribution in [2.45, 2.75) is 33.2 Å². The Labute approximate surface area is 134 Å². The average Bonchev–Trinajstić information content (AvgIpc) is 2.42. The molecule has 122 valence electrons. The number of halogens is 1. The zero-order valence-corrected chi connectivity index (χ0v) is 13.5. The summed E-state index contributed by atoms with van der Waals surface area (Å²) in [6, 6.07) is 1.60. The molecular weight excluding hydrogens is 310 g/mol. The van der Waals surface area contributed by atoms with Crippen LogP contribution in [-0.2, 0) is 4.79 Å². The molecule has 0 aliphatic heterocycles. The minimum absolute atomic E-state index is 0.0353. The van der Waals surface area contributed by atoms with Gasteiger partial charge in [-0.15, -0.1) is 0 Å². The molecule has 0 aliphatic carbocycles. The van der Waals surface area contributed by atoms with Crippen LogP contribution in [-0.4, -0.2) is 34.7 Å². The zero-order valence-electron chi connectivity index (χ0n) is 12.7. The van der Waals surface area contributed by atoms with Crippen LogP contribution in [0.2, 0.25) is 5.02 Å². The topological polar surface area (TPSA) is 95.9 Å². The number of carboxylic acids is 1. The molecule has 0 aliphatic rings. The van der Waals surface area contributed by atoms with Crippen molar-refractivity contribution in [1.82, 2.24) is 5.32 Å². The Hall–Kier alpha value is -1.95. The number of aliphatic carboxylic acids is 1. The highest BCUT2D eigenvalue weighted by molar-refractivity contribution is 6.32. The second-order valence-corrected chi connectivity index (χ2v) is 5.64. The van der Waals surface area contributed by atoms with Crippen LogP contribution in [0.5, 0.6) is 11.5 Å². The Kier molecular flexibility index (Phi) is 6.49. The maximum atomic E-state index is 12.2. The summed E-state index contributed by atoms with van der Waals surface area (Å²) in [5, 5.41) is 21.3. The number of phenolic OH excluding ortho intramolecular Hbond substituents is 1. The summed E-state index contributed by atoms with van der Waals surface area (Å²) in [5.74, 6) is -1.75. The zero-order chi connectivity index (χ0) is 16.9. The first-order valence-electron chi connectivity index (χ1n) is 6.95. The van der Waals surface area contributed by atoms with E-state index < -0.39 is 17.9 Å². The number of hydrogen-bond donors (Lipinski definition) is 3. The van der Waals surface area contributed by atoms with Crippen LogP contribution in [0, 0.1) is 5.92 Å². The summed E-state index contributed by atoms with van der Waals surface area (Å²) in [6.45, 7) is 5.75. The smallest absolute Gasteiger partial charge is 0.326 e. The Morgan fingerprint density at radius 3 is 2.50 bits per heavy atom. The van der Waals surface area contributed by atoms with E-state index in [9.17, 15) is 14.7 Å². The van der Waals surface area contributed by atoms with Gasteiger partial charge in [0.15, 0.2) is 11.5 Å². The van der Waals surface area contributed by atoms with Gasteiger partial charge in [-0.2, -0.15) is 0 Å². The van der Waals surface area contributed by atoms with Gasteiger partial charge in [-0.3, -0.25) is 4.79 Å². The molecule has 0 saturated carbocycles. The van der Waals surface area contributed by atoms with Gasteiger partial charge in [-0.1, -0.05) is 25.4 Å². The molecule has 1 amide bonds. The van der Waals surface area contributed by atoms with Gasteiger partial charge in [0.2, 0.25) is 0 Å². The predicted octanol–water partition coefficient (Wildman–Crippen LogP) is 2.67. The van der Waals surface area contributed by atoms with Gasteiger partial charge in [0.05, 0.1) is 11.6 Å². The third-order valence-corrected chi connectivity index (χ3v) is 3.19. The number of carboxylic acid groups (broad SMARTS) is 1. The van der Waals surface area contributed by atoms with Crippen molar-refractivity contribution in [3.8, 4) is 11.5 Å². The molecule has 0 heterocycles. The molecule has 0 fully saturated rings. The number of carbonyl (C=O) groups excluding carboxylic acids is 1. The fourth-order valence-electron chi connectivity index (χ4n) is 1.90. The first-order valence-corrected chi connectivity index (χ1v) is 7.33. The average molecular weight is 330 g/mol. The number of aromatic hydroxyl groups is 1. The molecule has 0 spiro atoms. The number of carbonyl (C=O) groups is 2. The summed E-state index contributed by atoms with van der Waals surface area (Å²) in [6.07, 6.45) is 0.311. The van der Waals surface area contributed by atoms with Gasteiger partial charge in [0.25, 0.3) is 5.91 Å². The Morgan fingerprint density at radius 2 is 2.00 bits per heavy atom. The fraction of sp³-hybridized carbons (Fsp3) is 0.467. The van der Waals surface area contributed by atoms with Gasteiger partial charge in [0.1, 0.15) is 6.04 Å². The molecule has 1 aromatic carbocycles. The summed E-state index contributed by atoms with van der Waals surface area (Å²) in [5.41, 5.74) is 0.126. The fourth-order valence-corrected chi connectivity index (χ4v) is 2.12. The molecule has 3 N–H and O–H groups in total. The number of hydrogen-bond acceptors (Lipinski definition) is 4. The Bertz CT molecular complexity index is 559. The monoisotopic (exact) mass is 329 g/mol. The van der Waals surface area contributed by atoms with E-state index in [-0.39, 0.29) is 28.0 Å². The molecule has 1 aromatic rings. The number of phenols is 1. The van der Waals surface area contributed by atoms with Crippen LogP contribution in [0.25, 0.3) is 0 Å². The Balaban J connectivity index is 2.99. The first kappa shape index (κ1) is 18.1. The maximum Gasteiger partial charge on any atom is 0.326 e. The quantitative estimate of drug-likeness (QED) is 0.714. The number of ether oxygens (including phenoxy) is 1. The van der Waals surface area contributed by atoms with E-state index in [4.69, 9.17) is 21.4 Å². The third-order valence-electron chi connectivity index (χ3n) is 2.90. The summed E-state index contributed by atoms with van der Waals surface area (Å²) in [4.78, 5) is 23.4. The van der Waals surface area contributed by atoms with Crippen LogP contribution in [0.1, 0.15) is 37.6 Å². The SMILES string of the molecule is CCOc1cc(C(=O)NC(CC(C)C)C(=O)O)cc(Cl)c1O. The molecule has 1 unspecified atom stereocenters. The van der Waals surface area contributed by atoms with Crippen LogP contribution in [0.15, 0.2) is 12.1 Å². The van der Waals surface area contributed by atoms with E-state index in [1.165, 1.54) is 12.1 Å². The first-order chi connectivity index (χ1) is 10.3. The van der Waals surface area contributed by atoms with Crippen LogP contribution < -0.4 is 10.1 Å². The highest BCUT2D eigenvalue weighted by Gasteiger charge is 2.23. The van der Waals surface area contributed by atoms with Crippen molar-refractivity contribution in [3.05, 3.63) is 22.7 Å². The van der Waals surface area contributed by atoms with E-state index >= 15 is 0 Å². The lowest BCUT2D eigenvalue weighted by Gasteiger charge is -2.17. The number of nitrogens with one attached hydrogen (secondary N) is 1. The number of amides is 1. The maximum absolute atomic E-state index is 12.2. The van der Waals surface area contributed by atoms with Crippen LogP contribution >= 0.6 is 11.6 Å². The third kappa shape index (κ3) is 4.80. The summed E-state index contributed by atoms with van der Waals surface area (Å²) < 4.78 is 5.19. The lowest BCUT2D eigenvalue weighted by molar-refractivity contribution is -0.139. The molecule has 1 atom stereocenters. The van der Waals surface area contributed by atoms with Crippen molar-refractivity contribution >= 4 is 23.5 Å². The second-order valence-electron chi connectivity index (χ2n) is 5.23. The van der Waals surface area contributed by atoms with Gasteiger partial charge < -0.3 is 20.3 Å². The van der Waals surface area contributed by atoms with Gasteiger partial charge in [-0.05, 0) is 31.4 Å². The van der Waals surface area contributed by atoms with Crippen LogP contribution in [0.4, 0.5) is 0 Å². The summed E-state index contributed by atoms with van der Waals surface area (Å²) in [7, 11) is 0. The number of benzene rings is 1. The van der Waals surface area contributed by atoms with E-state index in [1.54, 1.807) is 6.92 Å². The molecule has 0 bridgehead atoms. The molecule has 0 aromatic heterocycles. The highest BCUT2D eigenvalue weighted by atomic mass is 35.5. The molecule has 7 heteroatoms. The molecule has 0 saturated heterocycles. The van der Waals surface area contributed by atoms with Crippen molar-refractivity contribution in [3.63, 3.8) is 0 Å². The molecular formula is C15H20ClNO5. The van der Waals surface area contributed by atoms with Gasteiger partial charge in [-0.25, -0.2) is 4.79 Å². The standard InChI is InChI=1S/C15H20ClNO5/c1-4-22-12-7-9(6-10(16)13(12)18)14(19)17-11(15(20)21)5-8(2)3/h6-8,11,18H,4-5H2,1-3H3,(H,17,19)(H,20,21). The van der Waals surface area contributed by atoms with Crippen molar-refractivity contribution < 1.29 is 24.5 Å². The van der Waals surface area contributed by atoms with E-state index in [0.29, 0.717) is 13.0 Å².